The Kier molecular flexibility index (Phi) is 7.75. The molecule has 0 radical (unpaired) electrons. The monoisotopic (exact) mass is 471 g/mol. The first-order valence-corrected chi connectivity index (χ1v) is 12.3. The van der Waals surface area contributed by atoms with E-state index in [0.717, 1.165) is 47.4 Å². The molecule has 1 saturated heterocycles. The number of nitrogens with zero attached hydrogens (tertiary/aromatic N) is 3. The molecule has 1 aliphatic rings. The lowest BCUT2D eigenvalue weighted by Gasteiger charge is -2.35. The third-order valence-electron chi connectivity index (χ3n) is 5.17. The Morgan fingerprint density at radius 1 is 1.13 bits per heavy atom. The highest BCUT2D eigenvalue weighted by Gasteiger charge is 2.28. The number of amides is 1. The van der Waals surface area contributed by atoms with Gasteiger partial charge in [-0.25, -0.2) is 8.42 Å². The molecule has 7 nitrogen and oxygen atoms in total. The van der Waals surface area contributed by atoms with Gasteiger partial charge < -0.3 is 9.64 Å². The number of benzene rings is 1. The Labute approximate surface area is 186 Å². The quantitative estimate of drug-likeness (QED) is 0.591. The van der Waals surface area contributed by atoms with Crippen LogP contribution in [0.1, 0.15) is 5.56 Å². The fraction of sp³-hybridized carbons (Fsp3) is 0.450. The number of sulfonamides is 1. The van der Waals surface area contributed by atoms with Crippen molar-refractivity contribution >= 4 is 38.9 Å². The second-order valence-electron chi connectivity index (χ2n) is 7.14. The lowest BCUT2D eigenvalue weighted by molar-refractivity contribution is -0.132. The molecule has 0 bridgehead atoms. The normalized spacial score (nSPS) is 15.5. The third-order valence-corrected chi connectivity index (χ3v) is 8.67. The number of carbonyl (C=O) groups excluding carboxylic acids is 1. The zero-order valence-corrected chi connectivity index (χ0v) is 19.5. The van der Waals surface area contributed by atoms with Gasteiger partial charge in [-0.15, -0.1) is 11.3 Å². The van der Waals surface area contributed by atoms with Gasteiger partial charge in [-0.2, -0.15) is 4.31 Å². The van der Waals surface area contributed by atoms with Crippen molar-refractivity contribution in [1.29, 1.82) is 0 Å². The largest absolute Gasteiger partial charge is 0.497 e. The number of hydrogen-bond donors (Lipinski definition) is 0. The van der Waals surface area contributed by atoms with Crippen LogP contribution in [0.25, 0.3) is 0 Å². The highest BCUT2D eigenvalue weighted by atomic mass is 35.5. The summed E-state index contributed by atoms with van der Waals surface area (Å²) in [5.41, 5.74) is 1.25. The smallest absolute Gasteiger partial charge is 0.252 e. The second kappa shape index (κ2) is 10.1. The van der Waals surface area contributed by atoms with Crippen molar-refractivity contribution < 1.29 is 17.9 Å². The van der Waals surface area contributed by atoms with Gasteiger partial charge in [0.2, 0.25) is 5.91 Å². The molecule has 30 heavy (non-hydrogen) atoms. The average molecular weight is 472 g/mol. The Hall–Kier alpha value is -1.65. The lowest BCUT2D eigenvalue weighted by Crippen LogP contribution is -2.51. The maximum atomic E-state index is 12.6. The molecule has 2 aromatic rings. The van der Waals surface area contributed by atoms with E-state index in [1.807, 2.05) is 12.1 Å². The van der Waals surface area contributed by atoms with Crippen LogP contribution in [0.4, 0.5) is 0 Å². The summed E-state index contributed by atoms with van der Waals surface area (Å²) >= 11 is 6.83. The third kappa shape index (κ3) is 5.73. The van der Waals surface area contributed by atoms with Crippen LogP contribution in [0.2, 0.25) is 4.34 Å². The number of thiophene rings is 1. The van der Waals surface area contributed by atoms with Crippen molar-refractivity contribution in [3.63, 3.8) is 0 Å². The van der Waals surface area contributed by atoms with Gasteiger partial charge in [0.1, 0.15) is 9.96 Å². The van der Waals surface area contributed by atoms with Crippen molar-refractivity contribution in [3.8, 4) is 5.75 Å². The van der Waals surface area contributed by atoms with Gasteiger partial charge in [0.05, 0.1) is 18.0 Å². The van der Waals surface area contributed by atoms with E-state index in [1.165, 1.54) is 18.7 Å². The van der Waals surface area contributed by atoms with E-state index in [1.54, 1.807) is 18.1 Å². The number of rotatable bonds is 8. The molecule has 0 N–H and O–H groups in total. The molecule has 0 saturated carbocycles. The summed E-state index contributed by atoms with van der Waals surface area (Å²) in [5.74, 6) is 0.665. The molecule has 2 heterocycles. The summed E-state index contributed by atoms with van der Waals surface area (Å²) in [6.07, 6.45) is 0.933. The van der Waals surface area contributed by atoms with E-state index in [9.17, 15) is 13.2 Å². The number of hydrogen-bond acceptors (Lipinski definition) is 6. The number of halogens is 1. The maximum absolute atomic E-state index is 12.6. The van der Waals surface area contributed by atoms with Gasteiger partial charge in [-0.05, 0) is 36.2 Å². The highest BCUT2D eigenvalue weighted by Crippen LogP contribution is 2.27. The maximum Gasteiger partial charge on any atom is 0.252 e. The fourth-order valence-corrected chi connectivity index (χ4v) is 6.08. The van der Waals surface area contributed by atoms with Crippen molar-refractivity contribution in [2.75, 3.05) is 53.4 Å². The Morgan fingerprint density at radius 2 is 1.80 bits per heavy atom. The van der Waals surface area contributed by atoms with Crippen LogP contribution in [0.15, 0.2) is 40.6 Å². The van der Waals surface area contributed by atoms with Crippen LogP contribution < -0.4 is 4.74 Å². The molecule has 3 rings (SSSR count). The molecule has 0 aliphatic carbocycles. The molecule has 0 atom stereocenters. The van der Waals surface area contributed by atoms with Gasteiger partial charge in [0, 0.05) is 39.8 Å². The van der Waals surface area contributed by atoms with Crippen molar-refractivity contribution in [1.82, 2.24) is 14.1 Å². The van der Waals surface area contributed by atoms with Gasteiger partial charge >= 0.3 is 0 Å². The molecule has 164 valence electrons. The van der Waals surface area contributed by atoms with Crippen LogP contribution in [0.5, 0.6) is 5.75 Å². The minimum Gasteiger partial charge on any atom is -0.497 e. The predicted octanol–water partition coefficient (Wildman–Crippen LogP) is 2.42. The molecule has 1 aromatic heterocycles. The summed E-state index contributed by atoms with van der Waals surface area (Å²) in [7, 11) is -0.630. The summed E-state index contributed by atoms with van der Waals surface area (Å²) in [4.78, 5) is 16.7. The van der Waals surface area contributed by atoms with Crippen LogP contribution in [0, 0.1) is 0 Å². The minimum absolute atomic E-state index is 0.145. The summed E-state index contributed by atoms with van der Waals surface area (Å²) in [6, 6.07) is 11.1. The lowest BCUT2D eigenvalue weighted by atomic mass is 10.1. The Bertz CT molecular complexity index is 955. The summed E-state index contributed by atoms with van der Waals surface area (Å²) in [6.45, 7) is 3.49. The molecule has 1 aromatic carbocycles. The van der Waals surface area contributed by atoms with Crippen molar-refractivity contribution in [2.45, 2.75) is 10.6 Å². The molecule has 1 amide bonds. The zero-order chi connectivity index (χ0) is 21.7. The first kappa shape index (κ1) is 23.0. The molecular formula is C20H26ClN3O4S2. The standard InChI is InChI=1S/C20H26ClN3O4S2/c1-22(30(26,27)20-8-7-18(21)29-20)15-19(25)24-13-11-23(12-14-24)10-9-16-3-5-17(28-2)6-4-16/h3-8H,9-15H2,1-2H3. The number of ether oxygens (including phenoxy) is 1. The molecule has 1 aliphatic heterocycles. The number of methoxy groups -OCH3 is 1. The van der Waals surface area contributed by atoms with Gasteiger partial charge in [-0.1, -0.05) is 23.7 Å². The zero-order valence-electron chi connectivity index (χ0n) is 17.1. The van der Waals surface area contributed by atoms with E-state index >= 15 is 0 Å². The highest BCUT2D eigenvalue weighted by molar-refractivity contribution is 7.91. The van der Waals surface area contributed by atoms with Gasteiger partial charge in [0.25, 0.3) is 10.0 Å². The van der Waals surface area contributed by atoms with Crippen LogP contribution in [0.3, 0.4) is 0 Å². The number of piperazine rings is 1. The topological polar surface area (TPSA) is 70.2 Å². The number of likely N-dealkylation sites (N-methyl/N-ethyl adjacent to an activating group) is 1. The molecule has 0 unspecified atom stereocenters. The van der Waals surface area contributed by atoms with Crippen LogP contribution >= 0.6 is 22.9 Å². The van der Waals surface area contributed by atoms with E-state index in [-0.39, 0.29) is 16.7 Å². The molecule has 10 heteroatoms. The Morgan fingerprint density at radius 3 is 2.37 bits per heavy atom. The number of carbonyl (C=O) groups is 1. The summed E-state index contributed by atoms with van der Waals surface area (Å²) < 4.78 is 31.9. The Balaban J connectivity index is 1.45. The summed E-state index contributed by atoms with van der Waals surface area (Å²) in [5, 5.41) is 0. The SMILES string of the molecule is COc1ccc(CCN2CCN(C(=O)CN(C)S(=O)(=O)c3ccc(Cl)s3)CC2)cc1. The predicted molar refractivity (Wildman–Crippen MR) is 119 cm³/mol. The van der Waals surface area contributed by atoms with E-state index < -0.39 is 10.0 Å². The van der Waals surface area contributed by atoms with E-state index in [4.69, 9.17) is 16.3 Å². The second-order valence-corrected chi connectivity index (χ2v) is 11.1. The minimum atomic E-state index is -3.71. The van der Waals surface area contributed by atoms with Crippen LogP contribution in [-0.2, 0) is 21.2 Å². The van der Waals surface area contributed by atoms with E-state index in [0.29, 0.717) is 17.4 Å². The first-order chi connectivity index (χ1) is 14.3. The van der Waals surface area contributed by atoms with Crippen molar-refractivity contribution in [2.24, 2.45) is 0 Å². The molecular weight excluding hydrogens is 446 g/mol. The van der Waals surface area contributed by atoms with E-state index in [2.05, 4.69) is 17.0 Å². The molecule has 1 fully saturated rings. The first-order valence-electron chi connectivity index (χ1n) is 9.64. The average Bonchev–Trinajstić information content (AvgIpc) is 3.20. The van der Waals surface area contributed by atoms with Crippen LogP contribution in [-0.4, -0.2) is 81.9 Å². The fourth-order valence-electron chi connectivity index (χ4n) is 3.27. The van der Waals surface area contributed by atoms with Crippen molar-refractivity contribution in [3.05, 3.63) is 46.3 Å². The molecule has 0 spiro atoms. The van der Waals surface area contributed by atoms with Gasteiger partial charge in [-0.3, -0.25) is 9.69 Å². The van der Waals surface area contributed by atoms with Gasteiger partial charge in [0.15, 0.2) is 0 Å².